The van der Waals surface area contributed by atoms with Crippen molar-refractivity contribution in [2.45, 2.75) is 13.3 Å². The van der Waals surface area contributed by atoms with Crippen molar-refractivity contribution >= 4 is 5.91 Å². The maximum atomic E-state index is 12.0. The molecule has 1 amide bonds. The molecule has 1 atom stereocenters. The second kappa shape index (κ2) is 6.08. The van der Waals surface area contributed by atoms with Gasteiger partial charge in [-0.15, -0.1) is 0 Å². The molecule has 88 valence electrons. The normalized spacial score (nSPS) is 21.1. The van der Waals surface area contributed by atoms with Crippen LogP contribution in [0.1, 0.15) is 13.3 Å². The molecule has 1 aliphatic rings. The van der Waals surface area contributed by atoms with E-state index < -0.39 is 0 Å². The smallest absolute Gasteiger partial charge is 0.226 e. The molecule has 1 heterocycles. The Kier molecular flexibility index (Phi) is 5.05. The summed E-state index contributed by atoms with van der Waals surface area (Å²) >= 11 is 0. The highest BCUT2D eigenvalue weighted by Gasteiger charge is 2.21. The Labute approximate surface area is 92.6 Å². The number of carbonyl (C=O) groups is 1. The zero-order valence-electron chi connectivity index (χ0n) is 10.1. The van der Waals surface area contributed by atoms with Crippen LogP contribution in [0.4, 0.5) is 0 Å². The standard InChI is InChI=1S/C11H23N3O/c1-10(9-12-2)11(15)14-6-4-5-13(3)7-8-14/h10,12H,4-9H2,1-3H3. The van der Waals surface area contributed by atoms with Gasteiger partial charge in [-0.1, -0.05) is 6.92 Å². The van der Waals surface area contributed by atoms with Crippen LogP contribution in [-0.4, -0.2) is 62.5 Å². The largest absolute Gasteiger partial charge is 0.341 e. The first-order chi connectivity index (χ1) is 7.15. The van der Waals surface area contributed by atoms with Crippen molar-refractivity contribution in [1.82, 2.24) is 15.1 Å². The first-order valence-corrected chi connectivity index (χ1v) is 5.77. The number of rotatable bonds is 3. The molecular formula is C11H23N3O. The van der Waals surface area contributed by atoms with E-state index in [1.165, 1.54) is 0 Å². The van der Waals surface area contributed by atoms with Gasteiger partial charge in [0.05, 0.1) is 0 Å². The average Bonchev–Trinajstić information content (AvgIpc) is 2.42. The summed E-state index contributed by atoms with van der Waals surface area (Å²) in [5, 5.41) is 3.05. The highest BCUT2D eigenvalue weighted by Crippen LogP contribution is 2.06. The van der Waals surface area contributed by atoms with Gasteiger partial charge in [-0.05, 0) is 27.1 Å². The van der Waals surface area contributed by atoms with Gasteiger partial charge in [0.25, 0.3) is 0 Å². The van der Waals surface area contributed by atoms with Gasteiger partial charge in [0, 0.05) is 32.1 Å². The van der Waals surface area contributed by atoms with E-state index in [0.29, 0.717) is 5.91 Å². The van der Waals surface area contributed by atoms with Crippen LogP contribution in [0.15, 0.2) is 0 Å². The van der Waals surface area contributed by atoms with Crippen molar-refractivity contribution in [2.75, 3.05) is 46.8 Å². The number of nitrogens with zero attached hydrogens (tertiary/aromatic N) is 2. The van der Waals surface area contributed by atoms with Crippen LogP contribution < -0.4 is 5.32 Å². The molecule has 0 bridgehead atoms. The third-order valence-electron chi connectivity index (χ3n) is 2.96. The fraction of sp³-hybridized carbons (Fsp3) is 0.909. The molecule has 4 nitrogen and oxygen atoms in total. The van der Waals surface area contributed by atoms with Crippen LogP contribution in [-0.2, 0) is 4.79 Å². The van der Waals surface area contributed by atoms with E-state index in [-0.39, 0.29) is 5.92 Å². The molecular weight excluding hydrogens is 190 g/mol. The number of nitrogens with one attached hydrogen (secondary N) is 1. The molecule has 0 aliphatic carbocycles. The second-order valence-electron chi connectivity index (χ2n) is 4.44. The van der Waals surface area contributed by atoms with E-state index in [9.17, 15) is 4.79 Å². The molecule has 4 heteroatoms. The number of hydrogen-bond acceptors (Lipinski definition) is 3. The highest BCUT2D eigenvalue weighted by atomic mass is 16.2. The lowest BCUT2D eigenvalue weighted by molar-refractivity contribution is -0.134. The molecule has 0 aromatic heterocycles. The molecule has 0 aromatic rings. The average molecular weight is 213 g/mol. The Bertz CT molecular complexity index is 208. The van der Waals surface area contributed by atoms with Gasteiger partial charge in [0.15, 0.2) is 0 Å². The molecule has 1 saturated heterocycles. The van der Waals surface area contributed by atoms with Crippen molar-refractivity contribution in [1.29, 1.82) is 0 Å². The van der Waals surface area contributed by atoms with Crippen LogP contribution in [0.5, 0.6) is 0 Å². The fourth-order valence-corrected chi connectivity index (χ4v) is 1.97. The van der Waals surface area contributed by atoms with Gasteiger partial charge in [-0.25, -0.2) is 0 Å². The van der Waals surface area contributed by atoms with E-state index in [1.54, 1.807) is 0 Å². The minimum absolute atomic E-state index is 0.0957. The quantitative estimate of drug-likeness (QED) is 0.717. The summed E-state index contributed by atoms with van der Waals surface area (Å²) in [4.78, 5) is 16.3. The minimum Gasteiger partial charge on any atom is -0.341 e. The van der Waals surface area contributed by atoms with Gasteiger partial charge in [-0.3, -0.25) is 4.79 Å². The van der Waals surface area contributed by atoms with E-state index >= 15 is 0 Å². The first kappa shape index (κ1) is 12.5. The summed E-state index contributed by atoms with van der Waals surface area (Å²) in [6.07, 6.45) is 1.09. The lowest BCUT2D eigenvalue weighted by Crippen LogP contribution is -2.40. The lowest BCUT2D eigenvalue weighted by Gasteiger charge is -2.24. The number of amides is 1. The summed E-state index contributed by atoms with van der Waals surface area (Å²) in [6.45, 7) is 6.65. The zero-order valence-corrected chi connectivity index (χ0v) is 10.1. The third-order valence-corrected chi connectivity index (χ3v) is 2.96. The van der Waals surface area contributed by atoms with Crippen LogP contribution in [0.2, 0.25) is 0 Å². The van der Waals surface area contributed by atoms with E-state index in [0.717, 1.165) is 39.1 Å². The van der Waals surface area contributed by atoms with Gasteiger partial charge < -0.3 is 15.1 Å². The Morgan fingerprint density at radius 3 is 2.73 bits per heavy atom. The Morgan fingerprint density at radius 2 is 2.07 bits per heavy atom. The SMILES string of the molecule is CNCC(C)C(=O)N1CCCN(C)CC1. The van der Waals surface area contributed by atoms with Crippen LogP contribution >= 0.6 is 0 Å². The highest BCUT2D eigenvalue weighted by molar-refractivity contribution is 5.78. The molecule has 0 aromatic carbocycles. The molecule has 0 radical (unpaired) electrons. The fourth-order valence-electron chi connectivity index (χ4n) is 1.97. The molecule has 1 N–H and O–H groups in total. The summed E-state index contributed by atoms with van der Waals surface area (Å²) in [5.74, 6) is 0.387. The van der Waals surface area contributed by atoms with Crippen LogP contribution in [0, 0.1) is 5.92 Å². The van der Waals surface area contributed by atoms with E-state index in [2.05, 4.69) is 17.3 Å². The van der Waals surface area contributed by atoms with Gasteiger partial charge >= 0.3 is 0 Å². The predicted octanol–water partition coefficient (Wildman–Crippen LogP) is 0.00600. The molecule has 1 aliphatic heterocycles. The maximum Gasteiger partial charge on any atom is 0.226 e. The van der Waals surface area contributed by atoms with Crippen LogP contribution in [0.25, 0.3) is 0 Å². The lowest BCUT2D eigenvalue weighted by atomic mass is 10.1. The molecule has 15 heavy (non-hydrogen) atoms. The van der Waals surface area contributed by atoms with E-state index in [1.807, 2.05) is 18.9 Å². The Balaban J connectivity index is 2.44. The maximum absolute atomic E-state index is 12.0. The Hall–Kier alpha value is -0.610. The topological polar surface area (TPSA) is 35.6 Å². The number of likely N-dealkylation sites (N-methyl/N-ethyl adjacent to an activating group) is 1. The first-order valence-electron chi connectivity index (χ1n) is 5.77. The zero-order chi connectivity index (χ0) is 11.3. The molecule has 0 saturated carbocycles. The predicted molar refractivity (Wildman–Crippen MR) is 61.8 cm³/mol. The molecule has 1 rings (SSSR count). The van der Waals surface area contributed by atoms with Crippen molar-refractivity contribution < 1.29 is 4.79 Å². The third kappa shape index (κ3) is 3.80. The van der Waals surface area contributed by atoms with Crippen molar-refractivity contribution in [3.63, 3.8) is 0 Å². The number of carbonyl (C=O) groups excluding carboxylic acids is 1. The van der Waals surface area contributed by atoms with Crippen molar-refractivity contribution in [3.8, 4) is 0 Å². The van der Waals surface area contributed by atoms with E-state index in [4.69, 9.17) is 0 Å². The summed E-state index contributed by atoms with van der Waals surface area (Å²) < 4.78 is 0. The molecule has 1 fully saturated rings. The van der Waals surface area contributed by atoms with Crippen molar-refractivity contribution in [3.05, 3.63) is 0 Å². The van der Waals surface area contributed by atoms with Gasteiger partial charge in [-0.2, -0.15) is 0 Å². The van der Waals surface area contributed by atoms with Crippen LogP contribution in [0.3, 0.4) is 0 Å². The monoisotopic (exact) mass is 213 g/mol. The van der Waals surface area contributed by atoms with Gasteiger partial charge in [0.1, 0.15) is 0 Å². The number of hydrogen-bond donors (Lipinski definition) is 1. The summed E-state index contributed by atoms with van der Waals surface area (Å²) in [5.41, 5.74) is 0. The van der Waals surface area contributed by atoms with Gasteiger partial charge in [0.2, 0.25) is 5.91 Å². The Morgan fingerprint density at radius 1 is 1.33 bits per heavy atom. The van der Waals surface area contributed by atoms with Crippen molar-refractivity contribution in [2.24, 2.45) is 5.92 Å². The molecule has 1 unspecified atom stereocenters. The molecule has 0 spiro atoms. The summed E-state index contributed by atoms with van der Waals surface area (Å²) in [6, 6.07) is 0. The summed E-state index contributed by atoms with van der Waals surface area (Å²) in [7, 11) is 4.00. The minimum atomic E-state index is 0.0957. The second-order valence-corrected chi connectivity index (χ2v) is 4.44.